The number of benzene rings is 1. The van der Waals surface area contributed by atoms with Crippen LogP contribution in [0.1, 0.15) is 17.4 Å². The van der Waals surface area contributed by atoms with Crippen molar-refractivity contribution in [1.82, 2.24) is 14.0 Å². The summed E-state index contributed by atoms with van der Waals surface area (Å²) in [5.74, 6) is -0.122. The van der Waals surface area contributed by atoms with Crippen LogP contribution in [0.3, 0.4) is 0 Å². The SMILES string of the molecule is CCn1cc(Br)cc1C(=O)Nc1ccc(-c2cn3ccsc3n2)cc1. The molecule has 4 rings (SSSR count). The average molecular weight is 415 g/mol. The maximum absolute atomic E-state index is 12.5. The number of nitrogens with one attached hydrogen (secondary N) is 1. The highest BCUT2D eigenvalue weighted by atomic mass is 79.9. The Morgan fingerprint density at radius 1 is 1.28 bits per heavy atom. The third-order valence-corrected chi connectivity index (χ3v) is 5.17. The van der Waals surface area contributed by atoms with E-state index in [1.54, 1.807) is 11.3 Å². The third-order valence-electron chi connectivity index (χ3n) is 3.97. The van der Waals surface area contributed by atoms with Gasteiger partial charge in [0.15, 0.2) is 4.96 Å². The number of aryl methyl sites for hydroxylation is 1. The highest BCUT2D eigenvalue weighted by Gasteiger charge is 2.13. The van der Waals surface area contributed by atoms with E-state index < -0.39 is 0 Å². The van der Waals surface area contributed by atoms with Gasteiger partial charge < -0.3 is 9.88 Å². The van der Waals surface area contributed by atoms with Gasteiger partial charge in [-0.15, -0.1) is 11.3 Å². The molecule has 4 aromatic rings. The lowest BCUT2D eigenvalue weighted by Gasteiger charge is -2.08. The Morgan fingerprint density at radius 2 is 2.08 bits per heavy atom. The largest absolute Gasteiger partial charge is 0.343 e. The second-order valence-electron chi connectivity index (χ2n) is 5.58. The fourth-order valence-electron chi connectivity index (χ4n) is 2.71. The molecule has 0 aliphatic rings. The van der Waals surface area contributed by atoms with E-state index in [1.165, 1.54) is 0 Å². The monoisotopic (exact) mass is 414 g/mol. The van der Waals surface area contributed by atoms with E-state index in [0.717, 1.165) is 32.9 Å². The number of rotatable bonds is 4. The van der Waals surface area contributed by atoms with Crippen LogP contribution < -0.4 is 5.32 Å². The molecule has 0 atom stereocenters. The maximum Gasteiger partial charge on any atom is 0.272 e. The van der Waals surface area contributed by atoms with Crippen molar-refractivity contribution in [2.75, 3.05) is 5.32 Å². The normalized spacial score (nSPS) is 11.1. The first-order valence-corrected chi connectivity index (χ1v) is 9.51. The fourth-order valence-corrected chi connectivity index (χ4v) is 3.88. The Bertz CT molecular complexity index is 1020. The Morgan fingerprint density at radius 3 is 2.80 bits per heavy atom. The zero-order valence-corrected chi connectivity index (χ0v) is 15.8. The topological polar surface area (TPSA) is 51.3 Å². The highest BCUT2D eigenvalue weighted by Crippen LogP contribution is 2.23. The van der Waals surface area contributed by atoms with Crippen molar-refractivity contribution in [3.63, 3.8) is 0 Å². The smallest absolute Gasteiger partial charge is 0.272 e. The number of halogens is 1. The number of hydrogen-bond donors (Lipinski definition) is 1. The standard InChI is InChI=1S/C18H15BrN4OS/c1-2-22-10-13(19)9-16(22)17(24)20-14-5-3-12(4-6-14)15-11-23-7-8-25-18(23)21-15/h3-11H,2H2,1H3,(H,20,24). The van der Waals surface area contributed by atoms with E-state index in [4.69, 9.17) is 0 Å². The van der Waals surface area contributed by atoms with Gasteiger partial charge in [0.05, 0.1) is 5.69 Å². The highest BCUT2D eigenvalue weighted by molar-refractivity contribution is 9.10. The minimum atomic E-state index is -0.122. The molecule has 3 heterocycles. The van der Waals surface area contributed by atoms with Gasteiger partial charge in [-0.05, 0) is 41.1 Å². The van der Waals surface area contributed by atoms with Gasteiger partial charge in [-0.3, -0.25) is 9.20 Å². The lowest BCUT2D eigenvalue weighted by Crippen LogP contribution is -2.16. The molecule has 0 unspecified atom stereocenters. The summed E-state index contributed by atoms with van der Waals surface area (Å²) in [6, 6.07) is 9.56. The molecule has 0 bridgehead atoms. The number of aromatic nitrogens is 3. The van der Waals surface area contributed by atoms with Crippen molar-refractivity contribution in [1.29, 1.82) is 0 Å². The molecule has 126 valence electrons. The van der Waals surface area contributed by atoms with Gasteiger partial charge in [0.2, 0.25) is 0 Å². The van der Waals surface area contributed by atoms with E-state index in [1.807, 2.05) is 70.2 Å². The number of thiazole rings is 1. The Hall–Kier alpha value is -2.38. The zero-order chi connectivity index (χ0) is 17.4. The molecule has 0 saturated heterocycles. The van der Waals surface area contributed by atoms with Crippen LogP contribution in [-0.2, 0) is 6.54 Å². The number of fused-ring (bicyclic) bond motifs is 1. The second kappa shape index (κ2) is 6.50. The van der Waals surface area contributed by atoms with Gasteiger partial charge in [-0.25, -0.2) is 4.98 Å². The molecule has 0 spiro atoms. The minimum Gasteiger partial charge on any atom is -0.343 e. The average Bonchev–Trinajstić information content (AvgIpc) is 3.29. The van der Waals surface area contributed by atoms with Crippen molar-refractivity contribution in [2.24, 2.45) is 0 Å². The van der Waals surface area contributed by atoms with Crippen LogP contribution in [0.2, 0.25) is 0 Å². The first-order valence-electron chi connectivity index (χ1n) is 7.83. The summed E-state index contributed by atoms with van der Waals surface area (Å²) < 4.78 is 4.81. The molecule has 0 aliphatic heterocycles. The summed E-state index contributed by atoms with van der Waals surface area (Å²) in [6.45, 7) is 2.75. The number of imidazole rings is 1. The van der Waals surface area contributed by atoms with Crippen LogP contribution >= 0.6 is 27.3 Å². The first-order chi connectivity index (χ1) is 12.1. The van der Waals surface area contributed by atoms with Gasteiger partial charge in [-0.2, -0.15) is 0 Å². The van der Waals surface area contributed by atoms with Crippen LogP contribution in [0.5, 0.6) is 0 Å². The van der Waals surface area contributed by atoms with Gasteiger partial charge in [0.1, 0.15) is 5.69 Å². The summed E-state index contributed by atoms with van der Waals surface area (Å²) in [6.07, 6.45) is 5.90. The second-order valence-corrected chi connectivity index (χ2v) is 7.37. The molecule has 5 nitrogen and oxygen atoms in total. The first kappa shape index (κ1) is 16.1. The van der Waals surface area contributed by atoms with Crippen LogP contribution in [0.4, 0.5) is 5.69 Å². The molecule has 1 N–H and O–H groups in total. The van der Waals surface area contributed by atoms with E-state index in [-0.39, 0.29) is 5.91 Å². The Balaban J connectivity index is 1.53. The van der Waals surface area contributed by atoms with E-state index in [9.17, 15) is 4.79 Å². The number of carbonyl (C=O) groups is 1. The van der Waals surface area contributed by atoms with Gasteiger partial charge in [-0.1, -0.05) is 12.1 Å². The third kappa shape index (κ3) is 3.12. The zero-order valence-electron chi connectivity index (χ0n) is 13.4. The van der Waals surface area contributed by atoms with Crippen molar-refractivity contribution < 1.29 is 4.79 Å². The van der Waals surface area contributed by atoms with Crippen molar-refractivity contribution in [2.45, 2.75) is 13.5 Å². The van der Waals surface area contributed by atoms with Gasteiger partial charge >= 0.3 is 0 Å². The number of carbonyl (C=O) groups excluding carboxylic acids is 1. The molecule has 0 fully saturated rings. The number of nitrogens with zero attached hydrogens (tertiary/aromatic N) is 3. The lowest BCUT2D eigenvalue weighted by atomic mass is 10.1. The fraction of sp³-hybridized carbons (Fsp3) is 0.111. The molecule has 7 heteroatoms. The van der Waals surface area contributed by atoms with Crippen LogP contribution in [0, 0.1) is 0 Å². The molecular weight excluding hydrogens is 400 g/mol. The van der Waals surface area contributed by atoms with Crippen LogP contribution in [-0.4, -0.2) is 19.9 Å². The summed E-state index contributed by atoms with van der Waals surface area (Å²) >= 11 is 5.02. The molecule has 3 aromatic heterocycles. The predicted molar refractivity (Wildman–Crippen MR) is 104 cm³/mol. The molecule has 1 amide bonds. The predicted octanol–water partition coefficient (Wildman–Crippen LogP) is 4.90. The Labute approximate surface area is 157 Å². The number of anilines is 1. The van der Waals surface area contributed by atoms with Crippen molar-refractivity contribution >= 4 is 43.8 Å². The van der Waals surface area contributed by atoms with E-state index in [2.05, 4.69) is 26.2 Å². The summed E-state index contributed by atoms with van der Waals surface area (Å²) in [7, 11) is 0. The summed E-state index contributed by atoms with van der Waals surface area (Å²) in [5.41, 5.74) is 3.34. The van der Waals surface area contributed by atoms with Crippen LogP contribution in [0.15, 0.2) is 58.8 Å². The quantitative estimate of drug-likeness (QED) is 0.516. The minimum absolute atomic E-state index is 0.122. The van der Waals surface area contributed by atoms with Crippen molar-refractivity contribution in [3.8, 4) is 11.3 Å². The van der Waals surface area contributed by atoms with Crippen molar-refractivity contribution in [3.05, 3.63) is 64.5 Å². The van der Waals surface area contributed by atoms with Crippen LogP contribution in [0.25, 0.3) is 16.2 Å². The van der Waals surface area contributed by atoms with E-state index >= 15 is 0 Å². The number of amides is 1. The Kier molecular flexibility index (Phi) is 4.19. The summed E-state index contributed by atoms with van der Waals surface area (Å²) in [4.78, 5) is 18.0. The number of hydrogen-bond acceptors (Lipinski definition) is 3. The van der Waals surface area contributed by atoms with E-state index in [0.29, 0.717) is 5.69 Å². The molecular formula is C18H15BrN4OS. The molecule has 1 aromatic carbocycles. The lowest BCUT2D eigenvalue weighted by molar-refractivity contribution is 0.101. The molecule has 0 radical (unpaired) electrons. The van der Waals surface area contributed by atoms with Gasteiger partial charge in [0, 0.05) is 46.2 Å². The molecule has 0 saturated carbocycles. The summed E-state index contributed by atoms with van der Waals surface area (Å²) in [5, 5.41) is 4.95. The molecule has 0 aliphatic carbocycles. The molecule has 25 heavy (non-hydrogen) atoms. The van der Waals surface area contributed by atoms with Gasteiger partial charge in [0.25, 0.3) is 5.91 Å². The maximum atomic E-state index is 12.5.